The first-order valence-corrected chi connectivity index (χ1v) is 9.60. The number of likely N-dealkylation sites (tertiary alicyclic amines) is 1. The third-order valence-corrected chi connectivity index (χ3v) is 6.26. The maximum absolute atomic E-state index is 13.7. The number of halogens is 1. The van der Waals surface area contributed by atoms with Crippen LogP contribution in [-0.2, 0) is 4.79 Å². The highest BCUT2D eigenvalue weighted by molar-refractivity contribution is 5.82. The van der Waals surface area contributed by atoms with Crippen molar-refractivity contribution in [1.82, 2.24) is 25.5 Å². The van der Waals surface area contributed by atoms with Gasteiger partial charge in [0.15, 0.2) is 6.17 Å². The average Bonchev–Trinajstić information content (AvgIpc) is 3.29. The van der Waals surface area contributed by atoms with Crippen LogP contribution in [0.1, 0.15) is 31.4 Å². The maximum atomic E-state index is 13.7. The van der Waals surface area contributed by atoms with Crippen molar-refractivity contribution in [2.75, 3.05) is 31.1 Å². The molecule has 7 nitrogen and oxygen atoms in total. The third-order valence-electron chi connectivity index (χ3n) is 6.26. The summed E-state index contributed by atoms with van der Waals surface area (Å²) in [5.41, 5.74) is 1.18. The lowest BCUT2D eigenvalue weighted by atomic mass is 10.0. The molecule has 5 rings (SSSR count). The number of nitrogens with one attached hydrogen (secondary N) is 2. The van der Waals surface area contributed by atoms with Crippen LogP contribution in [0.5, 0.6) is 0 Å². The lowest BCUT2D eigenvalue weighted by Gasteiger charge is -2.37. The molecular weight excluding hydrogens is 335 g/mol. The maximum Gasteiger partial charge on any atom is 0.258 e. The molecule has 3 saturated heterocycles. The first kappa shape index (κ1) is 16.4. The van der Waals surface area contributed by atoms with Gasteiger partial charge in [-0.3, -0.25) is 15.0 Å². The molecule has 0 bridgehead atoms. The van der Waals surface area contributed by atoms with Gasteiger partial charge < -0.3 is 10.2 Å². The number of alkyl halides is 1. The molecule has 0 radical (unpaired) electrons. The molecule has 3 aliphatic heterocycles. The number of hydrogen-bond acceptors (Lipinski definition) is 6. The number of fused-ring (bicyclic) bond motifs is 1. The van der Waals surface area contributed by atoms with Crippen molar-refractivity contribution in [2.24, 2.45) is 11.8 Å². The second kappa shape index (κ2) is 6.13. The van der Waals surface area contributed by atoms with Crippen LogP contribution in [0, 0.1) is 11.8 Å². The van der Waals surface area contributed by atoms with Crippen molar-refractivity contribution in [2.45, 2.75) is 44.2 Å². The lowest BCUT2D eigenvalue weighted by molar-refractivity contribution is -0.133. The molecule has 5 atom stereocenters. The predicted molar refractivity (Wildman–Crippen MR) is 94.2 cm³/mol. The van der Waals surface area contributed by atoms with E-state index in [1.807, 2.05) is 0 Å². The van der Waals surface area contributed by atoms with Gasteiger partial charge in [-0.05, 0) is 31.6 Å². The molecule has 4 aliphatic rings. The van der Waals surface area contributed by atoms with Crippen molar-refractivity contribution in [3.05, 3.63) is 18.1 Å². The summed E-state index contributed by atoms with van der Waals surface area (Å²) in [6, 6.07) is 1.70. The minimum atomic E-state index is -1.47. The van der Waals surface area contributed by atoms with E-state index in [9.17, 15) is 9.18 Å². The van der Waals surface area contributed by atoms with Crippen molar-refractivity contribution in [3.63, 3.8) is 0 Å². The van der Waals surface area contributed by atoms with E-state index >= 15 is 0 Å². The van der Waals surface area contributed by atoms with Crippen molar-refractivity contribution >= 4 is 11.7 Å². The van der Waals surface area contributed by atoms with E-state index < -0.39 is 18.1 Å². The summed E-state index contributed by atoms with van der Waals surface area (Å²) in [6.07, 6.45) is 2.45. The molecule has 0 aromatic carbocycles. The molecular formula is C18H25FN6O. The van der Waals surface area contributed by atoms with Gasteiger partial charge in [0.1, 0.15) is 18.4 Å². The molecule has 1 amide bonds. The van der Waals surface area contributed by atoms with Crippen LogP contribution in [0.15, 0.2) is 12.4 Å². The fraction of sp³-hybridized carbons (Fsp3) is 0.722. The Labute approximate surface area is 152 Å². The van der Waals surface area contributed by atoms with Gasteiger partial charge in [0.2, 0.25) is 0 Å². The van der Waals surface area contributed by atoms with E-state index in [0.717, 1.165) is 32.0 Å². The summed E-state index contributed by atoms with van der Waals surface area (Å²) < 4.78 is 13.7. The number of nitrogens with zero attached hydrogens (tertiary/aromatic N) is 4. The van der Waals surface area contributed by atoms with Crippen LogP contribution in [0.2, 0.25) is 0 Å². The minimum absolute atomic E-state index is 0.260. The van der Waals surface area contributed by atoms with Crippen molar-refractivity contribution in [1.29, 1.82) is 0 Å². The molecule has 1 aromatic rings. The topological polar surface area (TPSA) is 73.4 Å². The van der Waals surface area contributed by atoms with Gasteiger partial charge in [0.05, 0.1) is 0 Å². The fourth-order valence-electron chi connectivity index (χ4n) is 4.58. The van der Waals surface area contributed by atoms with Crippen LogP contribution < -0.4 is 15.5 Å². The summed E-state index contributed by atoms with van der Waals surface area (Å²) in [4.78, 5) is 25.3. The number of rotatable bonds is 3. The van der Waals surface area contributed by atoms with E-state index in [1.54, 1.807) is 13.3 Å². The molecule has 140 valence electrons. The molecule has 1 aromatic heterocycles. The second-order valence-electron chi connectivity index (χ2n) is 8.22. The standard InChI is InChI=1S/C18H25FN6O/c1-10-16(19)17(26)23-18(22-10)25-7-12-5-24(6-13(12)8-25)15-4-14(11-2-3-11)20-9-21-15/h4,9-13,16,18,22H,2-3,5-8H2,1H3,(H,23,26). The van der Waals surface area contributed by atoms with E-state index in [1.165, 1.54) is 18.5 Å². The normalized spacial score (nSPS) is 37.7. The van der Waals surface area contributed by atoms with Crippen LogP contribution in [0.25, 0.3) is 0 Å². The predicted octanol–water partition coefficient (Wildman–Crippen LogP) is 0.452. The van der Waals surface area contributed by atoms with E-state index in [0.29, 0.717) is 17.8 Å². The lowest BCUT2D eigenvalue weighted by Crippen LogP contribution is -2.67. The van der Waals surface area contributed by atoms with Crippen molar-refractivity contribution < 1.29 is 9.18 Å². The van der Waals surface area contributed by atoms with Gasteiger partial charge in [-0.15, -0.1) is 0 Å². The van der Waals surface area contributed by atoms with E-state index in [4.69, 9.17) is 0 Å². The number of carbonyl (C=O) groups is 1. The smallest absolute Gasteiger partial charge is 0.258 e. The molecule has 2 N–H and O–H groups in total. The summed E-state index contributed by atoms with van der Waals surface area (Å²) in [7, 11) is 0. The summed E-state index contributed by atoms with van der Waals surface area (Å²) in [5.74, 6) is 2.27. The van der Waals surface area contributed by atoms with Gasteiger partial charge in [-0.1, -0.05) is 0 Å². The Morgan fingerprint density at radius 1 is 1.15 bits per heavy atom. The molecule has 8 heteroatoms. The highest BCUT2D eigenvalue weighted by Crippen LogP contribution is 2.40. The average molecular weight is 360 g/mol. The van der Waals surface area contributed by atoms with Crippen LogP contribution in [0.4, 0.5) is 10.2 Å². The highest BCUT2D eigenvalue weighted by atomic mass is 19.1. The first-order chi connectivity index (χ1) is 12.6. The van der Waals surface area contributed by atoms with Crippen LogP contribution in [0.3, 0.4) is 0 Å². The van der Waals surface area contributed by atoms with E-state index in [2.05, 4.69) is 36.5 Å². The number of carbonyl (C=O) groups excluding carboxylic acids is 1. The largest absolute Gasteiger partial charge is 0.356 e. The van der Waals surface area contributed by atoms with Gasteiger partial charge >= 0.3 is 0 Å². The van der Waals surface area contributed by atoms with Gasteiger partial charge in [0, 0.05) is 49.9 Å². The Balaban J connectivity index is 1.22. The minimum Gasteiger partial charge on any atom is -0.356 e. The fourth-order valence-corrected chi connectivity index (χ4v) is 4.58. The zero-order chi connectivity index (χ0) is 17.8. The number of aromatic nitrogens is 2. The number of hydrogen-bond donors (Lipinski definition) is 2. The second-order valence-corrected chi connectivity index (χ2v) is 8.22. The molecule has 5 unspecified atom stereocenters. The summed E-state index contributed by atoms with van der Waals surface area (Å²) in [5, 5.41) is 5.95. The molecule has 1 aliphatic carbocycles. The molecule has 4 heterocycles. The Kier molecular flexibility index (Phi) is 3.86. The third kappa shape index (κ3) is 2.85. The van der Waals surface area contributed by atoms with Gasteiger partial charge in [0.25, 0.3) is 5.91 Å². The van der Waals surface area contributed by atoms with E-state index in [-0.39, 0.29) is 6.29 Å². The number of amides is 1. The first-order valence-electron chi connectivity index (χ1n) is 9.60. The van der Waals surface area contributed by atoms with Gasteiger partial charge in [-0.25, -0.2) is 14.4 Å². The Hall–Kier alpha value is -1.80. The van der Waals surface area contributed by atoms with Crippen molar-refractivity contribution in [3.8, 4) is 0 Å². The Morgan fingerprint density at radius 2 is 1.88 bits per heavy atom. The number of anilines is 1. The van der Waals surface area contributed by atoms with Crippen LogP contribution >= 0.6 is 0 Å². The summed E-state index contributed by atoms with van der Waals surface area (Å²) >= 11 is 0. The summed E-state index contributed by atoms with van der Waals surface area (Å²) in [6.45, 7) is 5.49. The highest BCUT2D eigenvalue weighted by Gasteiger charge is 2.45. The SMILES string of the molecule is CC1NC(N2CC3CN(c4cc(C5CC5)ncn4)CC3C2)NC(=O)C1F. The molecule has 26 heavy (non-hydrogen) atoms. The Bertz CT molecular complexity index is 699. The monoisotopic (exact) mass is 360 g/mol. The zero-order valence-corrected chi connectivity index (χ0v) is 14.9. The van der Waals surface area contributed by atoms with Crippen LogP contribution in [-0.4, -0.2) is 65.5 Å². The molecule has 0 spiro atoms. The zero-order valence-electron chi connectivity index (χ0n) is 14.9. The molecule has 4 fully saturated rings. The molecule has 1 saturated carbocycles. The van der Waals surface area contributed by atoms with Gasteiger partial charge in [-0.2, -0.15) is 0 Å². The Morgan fingerprint density at radius 3 is 2.54 bits per heavy atom. The quantitative estimate of drug-likeness (QED) is 0.816.